The summed E-state index contributed by atoms with van der Waals surface area (Å²) in [5, 5.41) is 3.95. The minimum atomic E-state index is -0.990. The fourth-order valence-electron chi connectivity index (χ4n) is 1.25. The van der Waals surface area contributed by atoms with Crippen molar-refractivity contribution < 1.29 is 4.21 Å². The van der Waals surface area contributed by atoms with Crippen molar-refractivity contribution in [2.24, 2.45) is 0 Å². The van der Waals surface area contributed by atoms with Gasteiger partial charge in [-0.3, -0.25) is 4.21 Å². The first-order valence-corrected chi connectivity index (χ1v) is 7.11. The fraction of sp³-hybridized carbons (Fsp3) is 0.333. The van der Waals surface area contributed by atoms with Crippen molar-refractivity contribution in [3.05, 3.63) is 18.2 Å². The Hall–Kier alpha value is -0.520. The summed E-state index contributed by atoms with van der Waals surface area (Å²) in [5.74, 6) is 1.14. The number of aromatic nitrogens is 2. The van der Waals surface area contributed by atoms with Crippen molar-refractivity contribution in [3.63, 3.8) is 0 Å². The zero-order valence-corrected chi connectivity index (χ0v) is 10.2. The van der Waals surface area contributed by atoms with Crippen molar-refractivity contribution in [3.8, 4) is 0 Å². The maximum absolute atomic E-state index is 11.9. The van der Waals surface area contributed by atoms with E-state index in [9.17, 15) is 4.21 Å². The Labute approximate surface area is 99.1 Å². The summed E-state index contributed by atoms with van der Waals surface area (Å²) in [6, 6.07) is 5.60. The monoisotopic (exact) mass is 260 g/mol. The van der Waals surface area contributed by atoms with E-state index >= 15 is 0 Å². The molecule has 2 rings (SSSR count). The summed E-state index contributed by atoms with van der Waals surface area (Å²) >= 11 is 6.86. The largest absolute Gasteiger partial charge is 0.254 e. The van der Waals surface area contributed by atoms with Crippen LogP contribution in [0.15, 0.2) is 23.1 Å². The van der Waals surface area contributed by atoms with E-state index in [-0.39, 0.29) is 0 Å². The number of hydrogen-bond donors (Lipinski definition) is 0. The van der Waals surface area contributed by atoms with Gasteiger partial charge in [0, 0.05) is 11.6 Å². The summed E-state index contributed by atoms with van der Waals surface area (Å²) in [5.41, 5.74) is 0.816. The average molecular weight is 261 g/mol. The van der Waals surface area contributed by atoms with Gasteiger partial charge in [-0.2, -0.15) is 0 Å². The highest BCUT2D eigenvalue weighted by molar-refractivity contribution is 7.85. The number of rotatable bonds is 4. The van der Waals surface area contributed by atoms with E-state index in [0.717, 1.165) is 21.5 Å². The minimum Gasteiger partial charge on any atom is -0.254 e. The molecule has 0 radical (unpaired) electrons. The molecule has 0 spiro atoms. The molecule has 2 aromatic rings. The minimum absolute atomic E-state index is 0.544. The number of alkyl halides is 1. The summed E-state index contributed by atoms with van der Waals surface area (Å²) in [7, 11) is -0.990. The normalized spacial score (nSPS) is 13.1. The van der Waals surface area contributed by atoms with Crippen molar-refractivity contribution in [1.82, 2.24) is 9.59 Å². The molecule has 0 aliphatic heterocycles. The predicted molar refractivity (Wildman–Crippen MR) is 64.0 cm³/mol. The van der Waals surface area contributed by atoms with Crippen LogP contribution >= 0.6 is 23.1 Å². The summed E-state index contributed by atoms with van der Waals surface area (Å²) in [4.78, 5) is 0.826. The maximum atomic E-state index is 11.9. The molecule has 1 aromatic carbocycles. The third-order valence-electron chi connectivity index (χ3n) is 1.95. The highest BCUT2D eigenvalue weighted by Gasteiger charge is 2.10. The van der Waals surface area contributed by atoms with Crippen LogP contribution in [0.1, 0.15) is 6.42 Å². The van der Waals surface area contributed by atoms with E-state index in [4.69, 9.17) is 11.6 Å². The van der Waals surface area contributed by atoms with E-state index in [1.807, 2.05) is 18.2 Å². The molecule has 0 fully saturated rings. The van der Waals surface area contributed by atoms with Crippen LogP contribution in [0.25, 0.3) is 10.2 Å². The zero-order valence-electron chi connectivity index (χ0n) is 7.85. The van der Waals surface area contributed by atoms with Gasteiger partial charge in [0.1, 0.15) is 5.52 Å². The molecule has 0 aliphatic rings. The zero-order chi connectivity index (χ0) is 10.7. The first kappa shape index (κ1) is 11.0. The number of hydrogen-bond acceptors (Lipinski definition) is 4. The van der Waals surface area contributed by atoms with Crippen LogP contribution in [0.2, 0.25) is 0 Å². The van der Waals surface area contributed by atoms with Crippen LogP contribution in [-0.4, -0.2) is 25.4 Å². The SMILES string of the molecule is O=S(CCCCl)c1cccc2nnsc12. The van der Waals surface area contributed by atoms with Gasteiger partial charge in [0.2, 0.25) is 0 Å². The van der Waals surface area contributed by atoms with Gasteiger partial charge < -0.3 is 0 Å². The van der Waals surface area contributed by atoms with Gasteiger partial charge in [-0.25, -0.2) is 0 Å². The molecule has 1 aromatic heterocycles. The molecule has 0 bridgehead atoms. The molecule has 0 N–H and O–H groups in total. The molecule has 15 heavy (non-hydrogen) atoms. The molecule has 1 heterocycles. The van der Waals surface area contributed by atoms with Crippen molar-refractivity contribution in [2.75, 3.05) is 11.6 Å². The Balaban J connectivity index is 2.34. The van der Waals surface area contributed by atoms with Gasteiger partial charge in [-0.1, -0.05) is 10.6 Å². The molecule has 0 saturated heterocycles. The summed E-state index contributed by atoms with van der Waals surface area (Å²) < 4.78 is 16.7. The molecule has 6 heteroatoms. The lowest BCUT2D eigenvalue weighted by Crippen LogP contribution is -1.98. The number of nitrogens with zero attached hydrogens (tertiary/aromatic N) is 2. The van der Waals surface area contributed by atoms with Gasteiger partial charge in [-0.15, -0.1) is 16.7 Å². The maximum Gasteiger partial charge on any atom is 0.107 e. The lowest BCUT2D eigenvalue weighted by atomic mass is 10.3. The second-order valence-electron chi connectivity index (χ2n) is 2.97. The average Bonchev–Trinajstić information content (AvgIpc) is 2.73. The van der Waals surface area contributed by atoms with Crippen molar-refractivity contribution in [2.45, 2.75) is 11.3 Å². The van der Waals surface area contributed by atoms with Crippen molar-refractivity contribution >= 4 is 44.1 Å². The number of fused-ring (bicyclic) bond motifs is 1. The second kappa shape index (κ2) is 5.01. The highest BCUT2D eigenvalue weighted by atomic mass is 35.5. The lowest BCUT2D eigenvalue weighted by Gasteiger charge is -2.00. The standard InChI is InChI=1S/C9H9ClN2OS2/c10-5-2-6-15(13)8-4-1-3-7-9(8)14-12-11-7/h1,3-4H,2,5-6H2. The van der Waals surface area contributed by atoms with E-state index < -0.39 is 10.8 Å². The summed E-state index contributed by atoms with van der Waals surface area (Å²) in [6.07, 6.45) is 0.761. The van der Waals surface area contributed by atoms with Crippen LogP contribution in [0, 0.1) is 0 Å². The fourth-order valence-corrected chi connectivity index (χ4v) is 3.68. The predicted octanol–water partition coefficient (Wildman–Crippen LogP) is 2.43. The van der Waals surface area contributed by atoms with Crippen LogP contribution in [0.5, 0.6) is 0 Å². The van der Waals surface area contributed by atoms with Gasteiger partial charge in [0.05, 0.1) is 20.4 Å². The van der Waals surface area contributed by atoms with E-state index in [0.29, 0.717) is 11.6 Å². The third-order valence-corrected chi connectivity index (χ3v) is 4.61. The van der Waals surface area contributed by atoms with Gasteiger partial charge >= 0.3 is 0 Å². The van der Waals surface area contributed by atoms with E-state index in [1.54, 1.807) is 0 Å². The molecule has 0 saturated carbocycles. The Kier molecular flexibility index (Phi) is 3.66. The van der Waals surface area contributed by atoms with Gasteiger partial charge in [0.15, 0.2) is 0 Å². The van der Waals surface area contributed by atoms with Gasteiger partial charge in [0.25, 0.3) is 0 Å². The molecular formula is C9H9ClN2OS2. The van der Waals surface area contributed by atoms with Crippen molar-refractivity contribution in [1.29, 1.82) is 0 Å². The van der Waals surface area contributed by atoms with E-state index in [2.05, 4.69) is 9.59 Å². The molecule has 3 nitrogen and oxygen atoms in total. The molecule has 0 aliphatic carbocycles. The number of benzene rings is 1. The second-order valence-corrected chi connectivity index (χ2v) is 5.64. The van der Waals surface area contributed by atoms with Crippen LogP contribution < -0.4 is 0 Å². The first-order valence-electron chi connectivity index (χ1n) is 4.48. The Morgan fingerprint density at radius 3 is 3.13 bits per heavy atom. The lowest BCUT2D eigenvalue weighted by molar-refractivity contribution is 0.682. The Morgan fingerprint density at radius 2 is 2.33 bits per heavy atom. The summed E-state index contributed by atoms with van der Waals surface area (Å²) in [6.45, 7) is 0. The molecule has 0 amide bonds. The number of halogens is 1. The third kappa shape index (κ3) is 2.35. The van der Waals surface area contributed by atoms with Crippen LogP contribution in [0.3, 0.4) is 0 Å². The van der Waals surface area contributed by atoms with Crippen LogP contribution in [0.4, 0.5) is 0 Å². The quantitative estimate of drug-likeness (QED) is 0.793. The smallest absolute Gasteiger partial charge is 0.107 e. The molecule has 1 atom stereocenters. The molecule has 1 unspecified atom stereocenters. The highest BCUT2D eigenvalue weighted by Crippen LogP contribution is 2.23. The molecular weight excluding hydrogens is 252 g/mol. The van der Waals surface area contributed by atoms with Gasteiger partial charge in [-0.05, 0) is 30.1 Å². The Bertz CT molecular complexity index is 486. The van der Waals surface area contributed by atoms with Crippen LogP contribution in [-0.2, 0) is 10.8 Å². The Morgan fingerprint density at radius 1 is 1.47 bits per heavy atom. The topological polar surface area (TPSA) is 42.9 Å². The molecule has 80 valence electrons. The first-order chi connectivity index (χ1) is 7.33. The van der Waals surface area contributed by atoms with E-state index in [1.165, 1.54) is 11.5 Å².